The fourth-order valence-electron chi connectivity index (χ4n) is 3.20. The molecule has 0 atom stereocenters. The second-order valence-corrected chi connectivity index (χ2v) is 7.91. The standard InChI is InChI=1S/C22H13BrN2S/c23-16-12-7-13-17-18(16)19-20(14-8-3-1-4-9-14)24-21(25-22(19)26-17)15-10-5-2-6-11-15/h1-13H. The molecule has 2 nitrogen and oxygen atoms in total. The van der Waals surface area contributed by atoms with Gasteiger partial charge in [0.05, 0.1) is 5.69 Å². The highest BCUT2D eigenvalue weighted by Crippen LogP contribution is 2.42. The van der Waals surface area contributed by atoms with E-state index in [4.69, 9.17) is 9.97 Å². The van der Waals surface area contributed by atoms with Crippen molar-refractivity contribution < 1.29 is 0 Å². The number of halogens is 1. The first-order valence-corrected chi connectivity index (χ1v) is 9.92. The summed E-state index contributed by atoms with van der Waals surface area (Å²) in [6, 6.07) is 26.8. The Morgan fingerprint density at radius 2 is 1.35 bits per heavy atom. The Balaban J connectivity index is 1.93. The predicted octanol–water partition coefficient (Wildman–Crippen LogP) is 6.94. The first kappa shape index (κ1) is 15.7. The van der Waals surface area contributed by atoms with Crippen LogP contribution in [0.3, 0.4) is 0 Å². The zero-order valence-corrected chi connectivity index (χ0v) is 16.1. The van der Waals surface area contributed by atoms with E-state index in [0.717, 1.165) is 37.3 Å². The van der Waals surface area contributed by atoms with E-state index in [0.29, 0.717) is 0 Å². The van der Waals surface area contributed by atoms with Crippen molar-refractivity contribution in [2.24, 2.45) is 0 Å². The highest BCUT2D eigenvalue weighted by atomic mass is 79.9. The zero-order chi connectivity index (χ0) is 17.5. The lowest BCUT2D eigenvalue weighted by molar-refractivity contribution is 1.24. The van der Waals surface area contributed by atoms with Gasteiger partial charge in [0.1, 0.15) is 4.83 Å². The van der Waals surface area contributed by atoms with Gasteiger partial charge in [0, 0.05) is 31.1 Å². The SMILES string of the molecule is Brc1cccc2sc3nc(-c4ccccc4)nc(-c4ccccc4)c3c12. The molecule has 0 aliphatic rings. The van der Waals surface area contributed by atoms with Crippen LogP contribution in [0.4, 0.5) is 0 Å². The molecular weight excluding hydrogens is 404 g/mol. The maximum absolute atomic E-state index is 4.98. The lowest BCUT2D eigenvalue weighted by atomic mass is 10.1. The summed E-state index contributed by atoms with van der Waals surface area (Å²) in [4.78, 5) is 10.9. The molecule has 26 heavy (non-hydrogen) atoms. The third kappa shape index (κ3) is 2.54. The summed E-state index contributed by atoms with van der Waals surface area (Å²) in [7, 11) is 0. The van der Waals surface area contributed by atoms with Crippen LogP contribution in [-0.4, -0.2) is 9.97 Å². The van der Waals surface area contributed by atoms with E-state index in [2.05, 4.69) is 70.5 Å². The van der Waals surface area contributed by atoms with E-state index >= 15 is 0 Å². The molecule has 4 heteroatoms. The Hall–Kier alpha value is -2.56. The molecule has 0 amide bonds. The Labute approximate surface area is 163 Å². The maximum atomic E-state index is 4.98. The van der Waals surface area contributed by atoms with Gasteiger partial charge in [0.2, 0.25) is 0 Å². The van der Waals surface area contributed by atoms with Gasteiger partial charge < -0.3 is 0 Å². The number of aromatic nitrogens is 2. The molecular formula is C22H13BrN2S. The molecule has 5 rings (SSSR count). The van der Waals surface area contributed by atoms with Crippen LogP contribution in [0.1, 0.15) is 0 Å². The molecule has 0 radical (unpaired) electrons. The summed E-state index contributed by atoms with van der Waals surface area (Å²) in [6.45, 7) is 0. The smallest absolute Gasteiger partial charge is 0.161 e. The summed E-state index contributed by atoms with van der Waals surface area (Å²) in [5.41, 5.74) is 3.11. The van der Waals surface area contributed by atoms with Gasteiger partial charge in [-0.2, -0.15) is 0 Å². The lowest BCUT2D eigenvalue weighted by Gasteiger charge is -2.07. The summed E-state index contributed by atoms with van der Waals surface area (Å²) >= 11 is 5.43. The molecule has 0 unspecified atom stereocenters. The molecule has 0 bridgehead atoms. The Morgan fingerprint density at radius 1 is 0.654 bits per heavy atom. The zero-order valence-electron chi connectivity index (χ0n) is 13.7. The second kappa shape index (κ2) is 6.31. The first-order chi connectivity index (χ1) is 12.8. The van der Waals surface area contributed by atoms with Crippen molar-refractivity contribution in [1.82, 2.24) is 9.97 Å². The molecule has 2 aromatic heterocycles. The van der Waals surface area contributed by atoms with Gasteiger partial charge in [0.25, 0.3) is 0 Å². The van der Waals surface area contributed by atoms with Gasteiger partial charge in [-0.3, -0.25) is 0 Å². The molecule has 0 saturated heterocycles. The third-order valence-electron chi connectivity index (χ3n) is 4.39. The molecule has 2 heterocycles. The fraction of sp³-hybridized carbons (Fsp3) is 0. The number of hydrogen-bond donors (Lipinski definition) is 0. The molecule has 0 saturated carbocycles. The summed E-state index contributed by atoms with van der Waals surface area (Å²) in [6.07, 6.45) is 0. The van der Waals surface area contributed by atoms with Crippen LogP contribution in [0.2, 0.25) is 0 Å². The van der Waals surface area contributed by atoms with E-state index in [1.54, 1.807) is 11.3 Å². The van der Waals surface area contributed by atoms with Crippen molar-refractivity contribution in [2.45, 2.75) is 0 Å². The van der Waals surface area contributed by atoms with E-state index in [1.165, 1.54) is 10.1 Å². The van der Waals surface area contributed by atoms with Crippen molar-refractivity contribution >= 4 is 47.6 Å². The van der Waals surface area contributed by atoms with Gasteiger partial charge in [0.15, 0.2) is 5.82 Å². The highest BCUT2D eigenvalue weighted by Gasteiger charge is 2.17. The topological polar surface area (TPSA) is 25.8 Å². The maximum Gasteiger partial charge on any atom is 0.161 e. The summed E-state index contributed by atoms with van der Waals surface area (Å²) in [5, 5.41) is 2.30. The first-order valence-electron chi connectivity index (χ1n) is 8.31. The average Bonchev–Trinajstić information content (AvgIpc) is 3.08. The molecule has 0 N–H and O–H groups in total. The molecule has 5 aromatic rings. The van der Waals surface area contributed by atoms with Crippen molar-refractivity contribution in [3.8, 4) is 22.6 Å². The van der Waals surface area contributed by atoms with Crippen molar-refractivity contribution in [1.29, 1.82) is 0 Å². The monoisotopic (exact) mass is 416 g/mol. The third-order valence-corrected chi connectivity index (χ3v) is 6.10. The highest BCUT2D eigenvalue weighted by molar-refractivity contribution is 9.10. The van der Waals surface area contributed by atoms with E-state index in [1.807, 2.05) is 24.3 Å². The van der Waals surface area contributed by atoms with E-state index < -0.39 is 0 Å². The van der Waals surface area contributed by atoms with Crippen LogP contribution in [0.25, 0.3) is 42.9 Å². The van der Waals surface area contributed by atoms with Crippen LogP contribution in [-0.2, 0) is 0 Å². The summed E-state index contributed by atoms with van der Waals surface area (Å²) < 4.78 is 2.29. The molecule has 124 valence electrons. The van der Waals surface area contributed by atoms with Gasteiger partial charge >= 0.3 is 0 Å². The van der Waals surface area contributed by atoms with E-state index in [9.17, 15) is 0 Å². The molecule has 3 aromatic carbocycles. The van der Waals surface area contributed by atoms with Crippen LogP contribution in [0.5, 0.6) is 0 Å². The number of hydrogen-bond acceptors (Lipinski definition) is 3. The molecule has 0 fully saturated rings. The number of fused-ring (bicyclic) bond motifs is 3. The van der Waals surface area contributed by atoms with Crippen molar-refractivity contribution in [3.63, 3.8) is 0 Å². The van der Waals surface area contributed by atoms with Crippen LogP contribution in [0, 0.1) is 0 Å². The van der Waals surface area contributed by atoms with Gasteiger partial charge in [-0.1, -0.05) is 82.7 Å². The van der Waals surface area contributed by atoms with Gasteiger partial charge in [-0.05, 0) is 12.1 Å². The lowest BCUT2D eigenvalue weighted by Crippen LogP contribution is -1.93. The second-order valence-electron chi connectivity index (χ2n) is 6.02. The number of rotatable bonds is 2. The number of nitrogens with zero attached hydrogens (tertiary/aromatic N) is 2. The van der Waals surface area contributed by atoms with Crippen LogP contribution >= 0.6 is 27.3 Å². The molecule has 0 spiro atoms. The minimum Gasteiger partial charge on any atom is -0.227 e. The quantitative estimate of drug-likeness (QED) is 0.311. The largest absolute Gasteiger partial charge is 0.227 e. The normalized spacial score (nSPS) is 11.3. The minimum atomic E-state index is 0.764. The number of benzene rings is 3. The van der Waals surface area contributed by atoms with Gasteiger partial charge in [-0.15, -0.1) is 11.3 Å². The molecule has 0 aliphatic heterocycles. The summed E-state index contributed by atoms with van der Waals surface area (Å²) in [5.74, 6) is 0.764. The average molecular weight is 417 g/mol. The van der Waals surface area contributed by atoms with Crippen LogP contribution < -0.4 is 0 Å². The van der Waals surface area contributed by atoms with Crippen LogP contribution in [0.15, 0.2) is 83.3 Å². The minimum absolute atomic E-state index is 0.764. The fourth-order valence-corrected chi connectivity index (χ4v) is 4.99. The Morgan fingerprint density at radius 3 is 2.08 bits per heavy atom. The molecule has 0 aliphatic carbocycles. The van der Waals surface area contributed by atoms with Gasteiger partial charge in [-0.25, -0.2) is 9.97 Å². The Kier molecular flexibility index (Phi) is 3.80. The number of thiophene rings is 1. The van der Waals surface area contributed by atoms with E-state index in [-0.39, 0.29) is 0 Å². The predicted molar refractivity (Wildman–Crippen MR) is 113 cm³/mol. The van der Waals surface area contributed by atoms with Crippen molar-refractivity contribution in [2.75, 3.05) is 0 Å². The van der Waals surface area contributed by atoms with Crippen molar-refractivity contribution in [3.05, 3.63) is 83.3 Å². The Bertz CT molecular complexity index is 1230.